The number of benzene rings is 2. The van der Waals surface area contributed by atoms with E-state index in [1.807, 2.05) is 6.07 Å². The molecule has 0 aliphatic rings. The van der Waals surface area contributed by atoms with Crippen molar-refractivity contribution in [1.82, 2.24) is 9.97 Å². The van der Waals surface area contributed by atoms with Crippen LogP contribution in [-0.2, 0) is 0 Å². The Labute approximate surface area is 149 Å². The van der Waals surface area contributed by atoms with Gasteiger partial charge in [-0.05, 0) is 36.4 Å². The van der Waals surface area contributed by atoms with E-state index in [1.165, 1.54) is 12.4 Å². The highest BCUT2D eigenvalue weighted by Crippen LogP contribution is 2.17. The Bertz CT molecular complexity index is 933. The van der Waals surface area contributed by atoms with Crippen molar-refractivity contribution in [2.75, 3.05) is 10.6 Å². The van der Waals surface area contributed by atoms with Gasteiger partial charge < -0.3 is 10.6 Å². The summed E-state index contributed by atoms with van der Waals surface area (Å²) in [6, 6.07) is 15.9. The first-order chi connectivity index (χ1) is 12.2. The largest absolute Gasteiger partial charge is 0.324 e. The molecule has 3 aromatic rings. The topological polar surface area (TPSA) is 90.7 Å². The van der Waals surface area contributed by atoms with E-state index < -0.39 is 0 Å². The summed E-state index contributed by atoms with van der Waals surface area (Å²) < 4.78 is 0. The van der Waals surface area contributed by atoms with Gasteiger partial charge in [-0.25, -0.2) is 9.97 Å². The lowest BCUT2D eigenvalue weighted by Gasteiger charge is -2.07. The molecule has 6 nitrogen and oxygen atoms in total. The first-order valence-corrected chi connectivity index (χ1v) is 7.68. The smallest absolute Gasteiger partial charge is 0.258 e. The number of para-hydroxylation sites is 1. The first-order valence-electron chi connectivity index (χ1n) is 7.31. The fraction of sp³-hybridized carbons (Fsp3) is 0. The zero-order valence-corrected chi connectivity index (χ0v) is 13.7. The third-order valence-electron chi connectivity index (χ3n) is 3.31. The molecule has 0 saturated carbocycles. The summed E-state index contributed by atoms with van der Waals surface area (Å²) in [5.41, 5.74) is 1.90. The number of carbonyl (C=O) groups excluding carboxylic acids is 1. The Hall–Kier alpha value is -3.43. The lowest BCUT2D eigenvalue weighted by Crippen LogP contribution is -2.14. The molecule has 1 heterocycles. The van der Waals surface area contributed by atoms with Gasteiger partial charge in [0.05, 0.1) is 16.8 Å². The second-order valence-electron chi connectivity index (χ2n) is 5.04. The van der Waals surface area contributed by atoms with Gasteiger partial charge in [0.15, 0.2) is 0 Å². The molecule has 0 fully saturated rings. The Kier molecular flexibility index (Phi) is 4.88. The van der Waals surface area contributed by atoms with Crippen molar-refractivity contribution in [3.63, 3.8) is 0 Å². The average molecular weight is 350 g/mol. The van der Waals surface area contributed by atoms with E-state index in [4.69, 9.17) is 16.9 Å². The van der Waals surface area contributed by atoms with Crippen molar-refractivity contribution in [3.05, 3.63) is 77.1 Å². The van der Waals surface area contributed by atoms with Gasteiger partial charge in [-0.1, -0.05) is 23.7 Å². The van der Waals surface area contributed by atoms with Crippen molar-refractivity contribution >= 4 is 34.8 Å². The standard InChI is InChI=1S/C18H12ClN5O/c19-14-5-7-15(8-6-14)23-18-21-10-13(11-22-18)17(25)24-16-4-2-1-3-12(16)9-20/h1-8,10-11H,(H,24,25)(H,21,22,23). The third kappa shape index (κ3) is 4.10. The number of nitrogens with zero attached hydrogens (tertiary/aromatic N) is 3. The van der Waals surface area contributed by atoms with Crippen LogP contribution in [0.1, 0.15) is 15.9 Å². The summed E-state index contributed by atoms with van der Waals surface area (Å²) in [4.78, 5) is 20.5. The normalized spacial score (nSPS) is 9.92. The number of nitrogens with one attached hydrogen (secondary N) is 2. The Morgan fingerprint density at radius 1 is 1.04 bits per heavy atom. The molecule has 0 saturated heterocycles. The molecular formula is C18H12ClN5O. The molecule has 0 unspecified atom stereocenters. The van der Waals surface area contributed by atoms with Gasteiger partial charge in [0.25, 0.3) is 5.91 Å². The van der Waals surface area contributed by atoms with E-state index in [1.54, 1.807) is 48.5 Å². The van der Waals surface area contributed by atoms with Crippen molar-refractivity contribution in [2.24, 2.45) is 0 Å². The Morgan fingerprint density at radius 2 is 1.72 bits per heavy atom. The van der Waals surface area contributed by atoms with E-state index in [0.717, 1.165) is 5.69 Å². The molecular weight excluding hydrogens is 338 g/mol. The van der Waals surface area contributed by atoms with Gasteiger partial charge in [0.1, 0.15) is 6.07 Å². The minimum Gasteiger partial charge on any atom is -0.324 e. The van der Waals surface area contributed by atoms with Crippen LogP contribution in [0.15, 0.2) is 60.9 Å². The number of hydrogen-bond donors (Lipinski definition) is 2. The van der Waals surface area contributed by atoms with Gasteiger partial charge in [-0.3, -0.25) is 4.79 Å². The van der Waals surface area contributed by atoms with E-state index in [0.29, 0.717) is 22.2 Å². The van der Waals surface area contributed by atoms with E-state index in [9.17, 15) is 4.79 Å². The molecule has 1 aromatic heterocycles. The van der Waals surface area contributed by atoms with Crippen molar-refractivity contribution in [3.8, 4) is 6.07 Å². The molecule has 0 aliphatic heterocycles. The third-order valence-corrected chi connectivity index (χ3v) is 3.56. The lowest BCUT2D eigenvalue weighted by molar-refractivity contribution is 0.102. The zero-order chi connectivity index (χ0) is 17.6. The maximum Gasteiger partial charge on any atom is 0.258 e. The number of anilines is 3. The number of amides is 1. The van der Waals surface area contributed by atoms with Crippen LogP contribution in [-0.4, -0.2) is 15.9 Å². The molecule has 1 amide bonds. The van der Waals surface area contributed by atoms with Crippen LogP contribution in [0.4, 0.5) is 17.3 Å². The molecule has 0 aliphatic carbocycles. The maximum absolute atomic E-state index is 12.3. The van der Waals surface area contributed by atoms with Crippen LogP contribution < -0.4 is 10.6 Å². The highest BCUT2D eigenvalue weighted by Gasteiger charge is 2.10. The lowest BCUT2D eigenvalue weighted by atomic mass is 10.2. The predicted molar refractivity (Wildman–Crippen MR) is 95.9 cm³/mol. The van der Waals surface area contributed by atoms with Crippen LogP contribution in [0.2, 0.25) is 5.02 Å². The monoisotopic (exact) mass is 349 g/mol. The highest BCUT2D eigenvalue weighted by atomic mass is 35.5. The van der Waals surface area contributed by atoms with Crippen molar-refractivity contribution in [2.45, 2.75) is 0 Å². The minimum atomic E-state index is -0.388. The summed E-state index contributed by atoms with van der Waals surface area (Å²) in [5.74, 6) is -0.0305. The molecule has 0 radical (unpaired) electrons. The number of hydrogen-bond acceptors (Lipinski definition) is 5. The summed E-state index contributed by atoms with van der Waals surface area (Å²) in [5, 5.41) is 15.4. The summed E-state index contributed by atoms with van der Waals surface area (Å²) in [6.07, 6.45) is 2.82. The number of carbonyl (C=O) groups is 1. The van der Waals surface area contributed by atoms with Gasteiger partial charge in [-0.15, -0.1) is 0 Å². The molecule has 0 spiro atoms. The van der Waals surface area contributed by atoms with Crippen LogP contribution >= 0.6 is 11.6 Å². The van der Waals surface area contributed by atoms with Gasteiger partial charge in [0.2, 0.25) is 5.95 Å². The van der Waals surface area contributed by atoms with E-state index in [-0.39, 0.29) is 11.5 Å². The van der Waals surface area contributed by atoms with Crippen LogP contribution in [0.5, 0.6) is 0 Å². The number of nitriles is 1. The average Bonchev–Trinajstić information content (AvgIpc) is 2.64. The quantitative estimate of drug-likeness (QED) is 0.743. The summed E-state index contributed by atoms with van der Waals surface area (Å²) in [6.45, 7) is 0. The molecule has 25 heavy (non-hydrogen) atoms. The minimum absolute atomic E-state index is 0.286. The van der Waals surface area contributed by atoms with Crippen LogP contribution in [0.3, 0.4) is 0 Å². The summed E-state index contributed by atoms with van der Waals surface area (Å²) >= 11 is 5.83. The Balaban J connectivity index is 1.70. The van der Waals surface area contributed by atoms with E-state index >= 15 is 0 Å². The van der Waals surface area contributed by atoms with E-state index in [2.05, 4.69) is 20.6 Å². The second kappa shape index (κ2) is 7.43. The SMILES string of the molecule is N#Cc1ccccc1NC(=O)c1cnc(Nc2ccc(Cl)cc2)nc1. The van der Waals surface area contributed by atoms with Crippen molar-refractivity contribution < 1.29 is 4.79 Å². The van der Waals surface area contributed by atoms with Crippen LogP contribution in [0, 0.1) is 11.3 Å². The number of rotatable bonds is 4. The van der Waals surface area contributed by atoms with Gasteiger partial charge >= 0.3 is 0 Å². The number of aromatic nitrogens is 2. The highest BCUT2D eigenvalue weighted by molar-refractivity contribution is 6.30. The maximum atomic E-state index is 12.3. The van der Waals surface area contributed by atoms with Crippen LogP contribution in [0.25, 0.3) is 0 Å². The molecule has 2 N–H and O–H groups in total. The molecule has 0 atom stereocenters. The summed E-state index contributed by atoms with van der Waals surface area (Å²) in [7, 11) is 0. The Morgan fingerprint density at radius 3 is 2.40 bits per heavy atom. The second-order valence-corrected chi connectivity index (χ2v) is 5.48. The first kappa shape index (κ1) is 16.4. The molecule has 2 aromatic carbocycles. The molecule has 7 heteroatoms. The fourth-order valence-electron chi connectivity index (χ4n) is 2.06. The van der Waals surface area contributed by atoms with Crippen molar-refractivity contribution in [1.29, 1.82) is 5.26 Å². The molecule has 3 rings (SSSR count). The zero-order valence-electron chi connectivity index (χ0n) is 12.9. The molecule has 0 bridgehead atoms. The van der Waals surface area contributed by atoms with Gasteiger partial charge in [0, 0.05) is 23.1 Å². The molecule has 122 valence electrons. The predicted octanol–water partition coefficient (Wildman–Crippen LogP) is 4.00. The van der Waals surface area contributed by atoms with Gasteiger partial charge in [-0.2, -0.15) is 5.26 Å². The number of halogens is 1. The fourth-order valence-corrected chi connectivity index (χ4v) is 2.18.